The average molecular weight is 519 g/mol. The van der Waals surface area contributed by atoms with Crippen LogP contribution in [0.4, 0.5) is 0 Å². The maximum absolute atomic E-state index is 12.2. The summed E-state index contributed by atoms with van der Waals surface area (Å²) in [5, 5.41) is 0.764. The minimum absolute atomic E-state index is 0.190. The van der Waals surface area contributed by atoms with E-state index in [2.05, 4.69) is 88.5 Å². The number of hydrogen-bond donors (Lipinski definition) is 0. The van der Waals surface area contributed by atoms with E-state index in [9.17, 15) is 4.79 Å². The molecule has 3 nitrogen and oxygen atoms in total. The number of rotatable bonds is 14. The number of carbonyl (C=O) groups is 1. The Morgan fingerprint density at radius 1 is 0.788 bits per heavy atom. The highest BCUT2D eigenvalue weighted by Crippen LogP contribution is 2.40. The van der Waals surface area contributed by atoms with E-state index in [0.29, 0.717) is 29.3 Å². The molecule has 198 valence electrons. The molecule has 0 N–H and O–H groups in total. The minimum Gasteiger partial charge on any atom is -0.417 e. The number of thioether (sulfide) groups is 1. The zero-order valence-electron chi connectivity index (χ0n) is 24.7. The van der Waals surface area contributed by atoms with Crippen LogP contribution in [0, 0.1) is 17.8 Å². The molecule has 0 saturated carbocycles. The highest BCUT2D eigenvalue weighted by Gasteiger charge is 2.40. The third-order valence-corrected chi connectivity index (χ3v) is 17.6. The van der Waals surface area contributed by atoms with Gasteiger partial charge in [0.2, 0.25) is 0 Å². The molecular formula is C27H58O3SSi2. The topological polar surface area (TPSA) is 35.5 Å². The van der Waals surface area contributed by atoms with Gasteiger partial charge in [-0.3, -0.25) is 4.79 Å². The van der Waals surface area contributed by atoms with Crippen LogP contribution < -0.4 is 0 Å². The molecule has 0 aromatic heterocycles. The van der Waals surface area contributed by atoms with E-state index >= 15 is 0 Å². The summed E-state index contributed by atoms with van der Waals surface area (Å²) in [6, 6.07) is 0. The Labute approximate surface area is 214 Å². The zero-order chi connectivity index (χ0) is 26.3. The van der Waals surface area contributed by atoms with Gasteiger partial charge in [-0.15, -0.1) is 0 Å². The molecule has 0 unspecified atom stereocenters. The van der Waals surface area contributed by atoms with Crippen LogP contribution in [0.15, 0.2) is 0 Å². The van der Waals surface area contributed by atoms with Crippen LogP contribution in [0.2, 0.25) is 36.3 Å². The molecule has 0 rings (SSSR count). The average Bonchev–Trinajstić information content (AvgIpc) is 2.57. The number of carbonyl (C=O) groups excluding carboxylic acids is 1. The summed E-state index contributed by atoms with van der Waals surface area (Å²) in [5.41, 5.74) is 0. The normalized spacial score (nSPS) is 17.5. The summed E-state index contributed by atoms with van der Waals surface area (Å²) in [4.78, 5) is 12.2. The second-order valence-electron chi connectivity index (χ2n) is 13.6. The Bertz CT molecular complexity index is 579. The maximum Gasteiger partial charge on any atom is 0.192 e. The third-order valence-electron chi connectivity index (χ3n) is 7.76. The fourth-order valence-electron chi connectivity index (χ4n) is 3.69. The van der Waals surface area contributed by atoms with Gasteiger partial charge in [-0.2, -0.15) is 0 Å². The first kappa shape index (κ1) is 33.4. The quantitative estimate of drug-likeness (QED) is 0.215. The predicted octanol–water partition coefficient (Wildman–Crippen LogP) is 9.15. The van der Waals surface area contributed by atoms with E-state index in [-0.39, 0.29) is 16.2 Å². The Hall–Kier alpha value is 0.374. The monoisotopic (exact) mass is 518 g/mol. The molecule has 0 spiro atoms. The van der Waals surface area contributed by atoms with Crippen molar-refractivity contribution in [1.82, 2.24) is 0 Å². The molecule has 0 aliphatic carbocycles. The Kier molecular flexibility index (Phi) is 13.8. The molecule has 0 aliphatic heterocycles. The Morgan fingerprint density at radius 3 is 1.73 bits per heavy atom. The van der Waals surface area contributed by atoms with Crippen molar-refractivity contribution in [2.75, 3.05) is 12.4 Å². The molecule has 0 heterocycles. The summed E-state index contributed by atoms with van der Waals surface area (Å²) in [5.74, 6) is 2.34. The molecule has 0 saturated heterocycles. The van der Waals surface area contributed by atoms with Crippen LogP contribution in [0.1, 0.15) is 94.9 Å². The van der Waals surface area contributed by atoms with E-state index in [1.54, 1.807) is 0 Å². The van der Waals surface area contributed by atoms with Crippen molar-refractivity contribution in [3.63, 3.8) is 0 Å². The molecule has 0 amide bonds. The lowest BCUT2D eigenvalue weighted by molar-refractivity contribution is -0.111. The van der Waals surface area contributed by atoms with Crippen molar-refractivity contribution in [3.8, 4) is 0 Å². The summed E-state index contributed by atoms with van der Waals surface area (Å²) in [7, 11) is -3.57. The van der Waals surface area contributed by atoms with Gasteiger partial charge < -0.3 is 8.85 Å². The van der Waals surface area contributed by atoms with Crippen molar-refractivity contribution >= 4 is 33.5 Å². The van der Waals surface area contributed by atoms with Crippen LogP contribution in [-0.2, 0) is 13.6 Å². The SMILES string of the molecule is CCSC(=O)C[C@H](C)C[C@@H](C[C@@H](C)C[C@@H](C)CO[Si](C)(C)C(C)(C)C)O[Si](C)(C)C(C)(C)C. The lowest BCUT2D eigenvalue weighted by Gasteiger charge is -2.41. The first-order valence-electron chi connectivity index (χ1n) is 13.2. The highest BCUT2D eigenvalue weighted by molar-refractivity contribution is 8.13. The standard InChI is InChI=1S/C27H58O3SSi2/c1-15-31-25(28)19-22(3)18-24(30-33(13,14)27(8,9)10)17-21(2)16-23(4)20-29-32(11,12)26(5,6)7/h21-24H,15-20H2,1-14H3/t21-,22+,23+,24+/m0/s1. The first-order chi connectivity index (χ1) is 14.7. The predicted molar refractivity (Wildman–Crippen MR) is 154 cm³/mol. The van der Waals surface area contributed by atoms with Gasteiger partial charge in [-0.25, -0.2) is 0 Å². The first-order valence-corrected chi connectivity index (χ1v) is 20.0. The molecule has 33 heavy (non-hydrogen) atoms. The molecule has 6 heteroatoms. The van der Waals surface area contributed by atoms with Crippen LogP contribution in [0.5, 0.6) is 0 Å². The van der Waals surface area contributed by atoms with Crippen molar-refractivity contribution in [2.45, 2.75) is 137 Å². The molecular weight excluding hydrogens is 461 g/mol. The van der Waals surface area contributed by atoms with Crippen molar-refractivity contribution in [2.24, 2.45) is 17.8 Å². The van der Waals surface area contributed by atoms with E-state index in [4.69, 9.17) is 8.85 Å². The summed E-state index contributed by atoms with van der Waals surface area (Å²) < 4.78 is 13.4. The summed E-state index contributed by atoms with van der Waals surface area (Å²) in [6.45, 7) is 33.0. The second kappa shape index (κ2) is 13.6. The Morgan fingerprint density at radius 2 is 1.27 bits per heavy atom. The maximum atomic E-state index is 12.2. The van der Waals surface area contributed by atoms with Crippen LogP contribution in [-0.4, -0.2) is 40.2 Å². The van der Waals surface area contributed by atoms with Gasteiger partial charge in [-0.05, 0) is 79.0 Å². The van der Waals surface area contributed by atoms with Gasteiger partial charge in [0.15, 0.2) is 21.8 Å². The smallest absolute Gasteiger partial charge is 0.192 e. The Balaban J connectivity index is 5.12. The molecule has 0 aliphatic rings. The van der Waals surface area contributed by atoms with E-state index in [1.165, 1.54) is 11.8 Å². The van der Waals surface area contributed by atoms with Crippen LogP contribution in [0.3, 0.4) is 0 Å². The van der Waals surface area contributed by atoms with Gasteiger partial charge in [0.1, 0.15) is 0 Å². The minimum atomic E-state index is -1.87. The van der Waals surface area contributed by atoms with Gasteiger partial charge in [0, 0.05) is 19.1 Å². The molecule has 0 fully saturated rings. The lowest BCUT2D eigenvalue weighted by atomic mass is 9.89. The van der Waals surface area contributed by atoms with Crippen molar-refractivity contribution in [1.29, 1.82) is 0 Å². The zero-order valence-corrected chi connectivity index (χ0v) is 27.5. The van der Waals surface area contributed by atoms with Crippen LogP contribution >= 0.6 is 11.8 Å². The van der Waals surface area contributed by atoms with Crippen molar-refractivity contribution < 1.29 is 13.6 Å². The van der Waals surface area contributed by atoms with Crippen LogP contribution in [0.25, 0.3) is 0 Å². The second-order valence-corrected chi connectivity index (χ2v) is 24.5. The molecule has 0 bridgehead atoms. The van der Waals surface area contributed by atoms with E-state index < -0.39 is 16.6 Å². The van der Waals surface area contributed by atoms with Gasteiger partial charge >= 0.3 is 0 Å². The number of hydrogen-bond acceptors (Lipinski definition) is 4. The van der Waals surface area contributed by atoms with Gasteiger partial charge in [0.05, 0.1) is 0 Å². The largest absolute Gasteiger partial charge is 0.417 e. The van der Waals surface area contributed by atoms with Gasteiger partial charge in [-0.1, -0.05) is 81.0 Å². The molecule has 0 aromatic carbocycles. The van der Waals surface area contributed by atoms with E-state index in [0.717, 1.165) is 31.6 Å². The molecule has 4 atom stereocenters. The fraction of sp³-hybridized carbons (Fsp3) is 0.963. The molecule has 0 aromatic rings. The van der Waals surface area contributed by atoms with Gasteiger partial charge in [0.25, 0.3) is 0 Å². The van der Waals surface area contributed by atoms with Crippen molar-refractivity contribution in [3.05, 3.63) is 0 Å². The lowest BCUT2D eigenvalue weighted by Crippen LogP contribution is -2.44. The fourth-order valence-corrected chi connectivity index (χ4v) is 6.93. The van der Waals surface area contributed by atoms with E-state index in [1.807, 2.05) is 6.92 Å². The third kappa shape index (κ3) is 12.8. The highest BCUT2D eigenvalue weighted by atomic mass is 32.2. The summed E-state index contributed by atoms with van der Waals surface area (Å²) >= 11 is 1.45. The summed E-state index contributed by atoms with van der Waals surface area (Å²) in [6.07, 6.45) is 4.08. The molecule has 0 radical (unpaired) electrons.